The summed E-state index contributed by atoms with van der Waals surface area (Å²) >= 11 is 0. The van der Waals surface area contributed by atoms with Gasteiger partial charge < -0.3 is 4.79 Å². The van der Waals surface area contributed by atoms with Crippen molar-refractivity contribution in [1.29, 1.82) is 0 Å². The number of allylic oxidation sites excluding steroid dienone is 3. The fraction of sp³-hybridized carbons (Fsp3) is 0.615. The van der Waals surface area contributed by atoms with E-state index in [1.807, 2.05) is 6.08 Å². The lowest BCUT2D eigenvalue weighted by molar-refractivity contribution is -0.116. The van der Waals surface area contributed by atoms with Crippen LogP contribution >= 0.6 is 0 Å². The molecule has 1 atom stereocenters. The molecule has 0 aliphatic rings. The summed E-state index contributed by atoms with van der Waals surface area (Å²) in [5.41, 5.74) is 1.39. The van der Waals surface area contributed by atoms with E-state index in [1.165, 1.54) is 5.57 Å². The van der Waals surface area contributed by atoms with Crippen LogP contribution in [0.15, 0.2) is 24.3 Å². The van der Waals surface area contributed by atoms with Crippen LogP contribution in [0.4, 0.5) is 0 Å². The molecule has 0 aromatic heterocycles. The quantitative estimate of drug-likeness (QED) is 0.562. The molecule has 0 radical (unpaired) electrons. The molecule has 0 saturated heterocycles. The fourth-order valence-electron chi connectivity index (χ4n) is 1.20. The number of carbonyl (C=O) groups is 1. The van der Waals surface area contributed by atoms with Gasteiger partial charge in [-0.15, -0.1) is 6.58 Å². The van der Waals surface area contributed by atoms with Crippen LogP contribution in [-0.4, -0.2) is 5.78 Å². The Labute approximate surface area is 87.9 Å². The second kappa shape index (κ2) is 7.54. The Morgan fingerprint density at radius 1 is 1.36 bits per heavy atom. The highest BCUT2D eigenvalue weighted by molar-refractivity contribution is 5.75. The molecule has 0 heterocycles. The first kappa shape index (κ1) is 13.2. The predicted octanol–water partition coefficient (Wildman–Crippen LogP) is 3.90. The van der Waals surface area contributed by atoms with Gasteiger partial charge in [0.05, 0.1) is 0 Å². The lowest BCUT2D eigenvalue weighted by Crippen LogP contribution is -1.91. The molecule has 14 heavy (non-hydrogen) atoms. The second-order valence-electron chi connectivity index (χ2n) is 4.04. The number of rotatable bonds is 7. The Kier molecular flexibility index (Phi) is 7.09. The van der Waals surface area contributed by atoms with E-state index in [4.69, 9.17) is 0 Å². The largest absolute Gasteiger partial charge is 0.300 e. The van der Waals surface area contributed by atoms with Crippen molar-refractivity contribution in [3.8, 4) is 0 Å². The second-order valence-corrected chi connectivity index (χ2v) is 4.04. The van der Waals surface area contributed by atoms with Crippen LogP contribution in [0.1, 0.15) is 46.5 Å². The molecule has 0 rings (SSSR count). The highest BCUT2D eigenvalue weighted by Crippen LogP contribution is 2.13. The molecule has 80 valence electrons. The van der Waals surface area contributed by atoms with Gasteiger partial charge in [0.2, 0.25) is 0 Å². The Morgan fingerprint density at radius 2 is 2.00 bits per heavy atom. The van der Waals surface area contributed by atoms with Gasteiger partial charge in [-0.1, -0.05) is 24.6 Å². The molecular formula is C13H22O. The van der Waals surface area contributed by atoms with Crippen LogP contribution in [0, 0.1) is 5.92 Å². The average molecular weight is 194 g/mol. The SMILES string of the molecule is C=CC(C)CCC(C)=CCCC(C)=O. The number of hydrogen-bond acceptors (Lipinski definition) is 1. The van der Waals surface area contributed by atoms with E-state index >= 15 is 0 Å². The van der Waals surface area contributed by atoms with E-state index in [0.29, 0.717) is 12.3 Å². The van der Waals surface area contributed by atoms with Gasteiger partial charge in [-0.3, -0.25) is 0 Å². The van der Waals surface area contributed by atoms with Gasteiger partial charge in [-0.25, -0.2) is 0 Å². The van der Waals surface area contributed by atoms with Crippen molar-refractivity contribution in [2.75, 3.05) is 0 Å². The zero-order valence-electron chi connectivity index (χ0n) is 9.68. The summed E-state index contributed by atoms with van der Waals surface area (Å²) in [7, 11) is 0. The van der Waals surface area contributed by atoms with E-state index in [0.717, 1.165) is 19.3 Å². The minimum absolute atomic E-state index is 0.272. The molecule has 0 aromatic rings. The van der Waals surface area contributed by atoms with Gasteiger partial charge in [-0.2, -0.15) is 0 Å². The third-order valence-electron chi connectivity index (χ3n) is 2.39. The summed E-state index contributed by atoms with van der Waals surface area (Å²) < 4.78 is 0. The molecule has 1 heteroatoms. The molecule has 0 aliphatic heterocycles. The first-order valence-electron chi connectivity index (χ1n) is 5.34. The van der Waals surface area contributed by atoms with Crippen LogP contribution in [0.3, 0.4) is 0 Å². The van der Waals surface area contributed by atoms with Crippen molar-refractivity contribution < 1.29 is 4.79 Å². The maximum atomic E-state index is 10.7. The molecule has 0 amide bonds. The van der Waals surface area contributed by atoms with Gasteiger partial charge in [0.15, 0.2) is 0 Å². The third-order valence-corrected chi connectivity index (χ3v) is 2.39. The van der Waals surface area contributed by atoms with Crippen LogP contribution in [0.5, 0.6) is 0 Å². The zero-order valence-corrected chi connectivity index (χ0v) is 9.68. The Morgan fingerprint density at radius 3 is 2.50 bits per heavy atom. The van der Waals surface area contributed by atoms with Crippen LogP contribution in [-0.2, 0) is 4.79 Å². The van der Waals surface area contributed by atoms with E-state index in [-0.39, 0.29) is 5.78 Å². The van der Waals surface area contributed by atoms with E-state index in [2.05, 4.69) is 26.5 Å². The minimum atomic E-state index is 0.272. The summed E-state index contributed by atoms with van der Waals surface area (Å²) in [5, 5.41) is 0. The molecule has 1 nitrogen and oxygen atoms in total. The smallest absolute Gasteiger partial charge is 0.130 e. The zero-order chi connectivity index (χ0) is 11.0. The molecule has 0 spiro atoms. The standard InChI is InChI=1S/C13H22O/c1-5-11(2)9-10-12(3)7-6-8-13(4)14/h5,7,11H,1,6,8-10H2,2-4H3. The van der Waals surface area contributed by atoms with Crippen molar-refractivity contribution in [2.45, 2.75) is 46.5 Å². The average Bonchev–Trinajstić information content (AvgIpc) is 2.13. The maximum Gasteiger partial charge on any atom is 0.130 e. The van der Waals surface area contributed by atoms with Gasteiger partial charge >= 0.3 is 0 Å². The highest BCUT2D eigenvalue weighted by atomic mass is 16.1. The molecule has 0 aliphatic carbocycles. The molecular weight excluding hydrogens is 172 g/mol. The minimum Gasteiger partial charge on any atom is -0.300 e. The predicted molar refractivity (Wildman–Crippen MR) is 62.3 cm³/mol. The van der Waals surface area contributed by atoms with Crippen molar-refractivity contribution in [2.24, 2.45) is 5.92 Å². The maximum absolute atomic E-state index is 10.7. The summed E-state index contributed by atoms with van der Waals surface area (Å²) in [4.78, 5) is 10.7. The Hall–Kier alpha value is -0.850. The van der Waals surface area contributed by atoms with Crippen molar-refractivity contribution in [1.82, 2.24) is 0 Å². The first-order chi connectivity index (χ1) is 6.56. The first-order valence-corrected chi connectivity index (χ1v) is 5.34. The molecule has 0 aromatic carbocycles. The van der Waals surface area contributed by atoms with E-state index in [1.54, 1.807) is 6.92 Å². The van der Waals surface area contributed by atoms with E-state index < -0.39 is 0 Å². The van der Waals surface area contributed by atoms with Crippen molar-refractivity contribution in [3.05, 3.63) is 24.3 Å². The monoisotopic (exact) mass is 194 g/mol. The van der Waals surface area contributed by atoms with Crippen LogP contribution in [0.2, 0.25) is 0 Å². The highest BCUT2D eigenvalue weighted by Gasteiger charge is 1.97. The molecule has 0 fully saturated rings. The number of ketones is 1. The van der Waals surface area contributed by atoms with Gasteiger partial charge in [-0.05, 0) is 39.0 Å². The summed E-state index contributed by atoms with van der Waals surface area (Å²) in [6.45, 7) is 9.71. The summed E-state index contributed by atoms with van der Waals surface area (Å²) in [6, 6.07) is 0. The van der Waals surface area contributed by atoms with Crippen molar-refractivity contribution in [3.63, 3.8) is 0 Å². The number of hydrogen-bond donors (Lipinski definition) is 0. The molecule has 0 bridgehead atoms. The number of carbonyl (C=O) groups excluding carboxylic acids is 1. The van der Waals surface area contributed by atoms with Gasteiger partial charge in [0, 0.05) is 6.42 Å². The topological polar surface area (TPSA) is 17.1 Å². The van der Waals surface area contributed by atoms with Crippen LogP contribution < -0.4 is 0 Å². The number of Topliss-reactive ketones (excluding diaryl/α,β-unsaturated/α-hetero) is 1. The Balaban J connectivity index is 3.66. The van der Waals surface area contributed by atoms with Crippen LogP contribution in [0.25, 0.3) is 0 Å². The molecule has 0 saturated carbocycles. The Bertz CT molecular complexity index is 213. The summed E-state index contributed by atoms with van der Waals surface area (Å²) in [5.74, 6) is 0.861. The summed E-state index contributed by atoms with van der Waals surface area (Å²) in [6.07, 6.45) is 8.01. The van der Waals surface area contributed by atoms with Gasteiger partial charge in [0.1, 0.15) is 5.78 Å². The lowest BCUT2D eigenvalue weighted by Gasteiger charge is -2.05. The normalized spacial score (nSPS) is 13.8. The molecule has 0 N–H and O–H groups in total. The fourth-order valence-corrected chi connectivity index (χ4v) is 1.20. The third kappa shape index (κ3) is 7.78. The molecule has 1 unspecified atom stereocenters. The van der Waals surface area contributed by atoms with E-state index in [9.17, 15) is 4.79 Å². The van der Waals surface area contributed by atoms with Crippen molar-refractivity contribution >= 4 is 5.78 Å². The lowest BCUT2D eigenvalue weighted by atomic mass is 10.0. The van der Waals surface area contributed by atoms with Gasteiger partial charge in [0.25, 0.3) is 0 Å².